The first-order valence-electron chi connectivity index (χ1n) is 10.3. The first-order chi connectivity index (χ1) is 12.3. The molecule has 2 aromatic carbocycles. The van der Waals surface area contributed by atoms with Gasteiger partial charge < -0.3 is 5.32 Å². The average molecular weight is 338 g/mol. The molecule has 0 atom stereocenters. The van der Waals surface area contributed by atoms with Crippen LogP contribution >= 0.6 is 0 Å². The Balaban J connectivity index is 1.87. The predicted molar refractivity (Wildman–Crippen MR) is 112 cm³/mol. The smallest absolute Gasteiger partial charge is 0.0416 e. The summed E-state index contributed by atoms with van der Waals surface area (Å²) in [7, 11) is 0. The molecule has 0 unspecified atom stereocenters. The van der Waals surface area contributed by atoms with Gasteiger partial charge in [-0.25, -0.2) is 0 Å². The minimum Gasteiger partial charge on any atom is -0.355 e. The minimum atomic E-state index is 1.17. The summed E-state index contributed by atoms with van der Waals surface area (Å²) in [5.41, 5.74) is 5.33. The lowest BCUT2D eigenvalue weighted by Gasteiger charge is -2.13. The summed E-state index contributed by atoms with van der Waals surface area (Å²) in [4.78, 5) is 0. The Labute approximate surface area is 154 Å². The number of benzene rings is 2. The van der Waals surface area contributed by atoms with Crippen LogP contribution in [0.5, 0.6) is 0 Å². The second-order valence-electron chi connectivity index (χ2n) is 7.10. The van der Waals surface area contributed by atoms with E-state index in [1.54, 1.807) is 0 Å². The van der Waals surface area contributed by atoms with Crippen molar-refractivity contribution in [3.63, 3.8) is 0 Å². The third-order valence-electron chi connectivity index (χ3n) is 4.87. The van der Waals surface area contributed by atoms with Gasteiger partial charge in [-0.15, -0.1) is 0 Å². The molecule has 0 aromatic heterocycles. The number of unbranched alkanes of at least 4 members (excludes halogenated alkanes) is 6. The van der Waals surface area contributed by atoms with Crippen LogP contribution in [0.1, 0.15) is 76.3 Å². The molecule has 1 nitrogen and oxygen atoms in total. The summed E-state index contributed by atoms with van der Waals surface area (Å²) >= 11 is 0. The molecule has 1 N–H and O–H groups in total. The standard InChI is InChI=1S/C24H35N/c1-3-5-7-8-9-10-14-22-15-11-12-16-24(22)25-23-19-17-21(18-20-23)13-6-4-2/h11-12,15-20,25H,3-10,13-14H2,1-2H3. The van der Waals surface area contributed by atoms with E-state index in [-0.39, 0.29) is 0 Å². The third kappa shape index (κ3) is 7.34. The summed E-state index contributed by atoms with van der Waals surface area (Å²) in [5.74, 6) is 0. The van der Waals surface area contributed by atoms with Gasteiger partial charge in [0.2, 0.25) is 0 Å². The van der Waals surface area contributed by atoms with Gasteiger partial charge in [0.1, 0.15) is 0 Å². The van der Waals surface area contributed by atoms with Crippen molar-refractivity contribution in [1.82, 2.24) is 0 Å². The summed E-state index contributed by atoms with van der Waals surface area (Å²) in [6.07, 6.45) is 13.0. The number of anilines is 2. The van der Waals surface area contributed by atoms with E-state index in [2.05, 4.69) is 67.7 Å². The fraction of sp³-hybridized carbons (Fsp3) is 0.500. The van der Waals surface area contributed by atoms with Crippen molar-refractivity contribution in [2.45, 2.75) is 78.1 Å². The molecule has 0 saturated carbocycles. The fourth-order valence-corrected chi connectivity index (χ4v) is 3.25. The quantitative estimate of drug-likeness (QED) is 0.392. The van der Waals surface area contributed by atoms with Crippen molar-refractivity contribution < 1.29 is 0 Å². The summed E-state index contributed by atoms with van der Waals surface area (Å²) in [5, 5.41) is 3.62. The Bertz CT molecular complexity index is 585. The van der Waals surface area contributed by atoms with Crippen LogP contribution in [0, 0.1) is 0 Å². The van der Waals surface area contributed by atoms with E-state index in [0.717, 1.165) is 0 Å². The molecule has 0 radical (unpaired) electrons. The molecule has 1 heteroatoms. The summed E-state index contributed by atoms with van der Waals surface area (Å²) < 4.78 is 0. The second kappa shape index (κ2) is 11.7. The molecule has 2 rings (SSSR count). The first-order valence-corrected chi connectivity index (χ1v) is 10.3. The molecule has 0 spiro atoms. The molecule has 25 heavy (non-hydrogen) atoms. The minimum absolute atomic E-state index is 1.17. The van der Waals surface area contributed by atoms with Gasteiger partial charge in [-0.1, -0.05) is 82.7 Å². The molecular formula is C24H35N. The fourth-order valence-electron chi connectivity index (χ4n) is 3.25. The van der Waals surface area contributed by atoms with E-state index in [0.29, 0.717) is 0 Å². The number of rotatable bonds is 12. The van der Waals surface area contributed by atoms with Gasteiger partial charge in [0.25, 0.3) is 0 Å². The van der Waals surface area contributed by atoms with E-state index >= 15 is 0 Å². The number of aryl methyl sites for hydroxylation is 2. The molecule has 2 aromatic rings. The maximum absolute atomic E-state index is 3.62. The average Bonchev–Trinajstić information content (AvgIpc) is 2.65. The first kappa shape index (κ1) is 19.6. The number of hydrogen-bond acceptors (Lipinski definition) is 1. The highest BCUT2D eigenvalue weighted by Gasteiger charge is 2.03. The van der Waals surface area contributed by atoms with Crippen molar-refractivity contribution >= 4 is 11.4 Å². The van der Waals surface area contributed by atoms with Gasteiger partial charge in [0.05, 0.1) is 0 Å². The highest BCUT2D eigenvalue weighted by molar-refractivity contribution is 5.63. The number of para-hydroxylation sites is 1. The van der Waals surface area contributed by atoms with E-state index in [9.17, 15) is 0 Å². The van der Waals surface area contributed by atoms with Gasteiger partial charge in [-0.2, -0.15) is 0 Å². The number of hydrogen-bond donors (Lipinski definition) is 1. The molecule has 0 aliphatic rings. The largest absolute Gasteiger partial charge is 0.355 e. The lowest BCUT2D eigenvalue weighted by atomic mass is 10.0. The summed E-state index contributed by atoms with van der Waals surface area (Å²) in [6.45, 7) is 4.52. The van der Waals surface area contributed by atoms with Gasteiger partial charge in [0.15, 0.2) is 0 Å². The van der Waals surface area contributed by atoms with Crippen LogP contribution in [0.4, 0.5) is 11.4 Å². The molecule has 0 heterocycles. The zero-order valence-electron chi connectivity index (χ0n) is 16.2. The zero-order valence-corrected chi connectivity index (χ0v) is 16.2. The number of nitrogens with one attached hydrogen (secondary N) is 1. The normalized spacial score (nSPS) is 10.8. The molecule has 0 amide bonds. The Kier molecular flexibility index (Phi) is 9.18. The lowest BCUT2D eigenvalue weighted by Crippen LogP contribution is -1.97. The van der Waals surface area contributed by atoms with Crippen molar-refractivity contribution in [3.8, 4) is 0 Å². The molecule has 136 valence electrons. The van der Waals surface area contributed by atoms with Crippen LogP contribution in [-0.4, -0.2) is 0 Å². The van der Waals surface area contributed by atoms with Crippen molar-refractivity contribution in [2.75, 3.05) is 5.32 Å². The molecule has 0 saturated heterocycles. The highest BCUT2D eigenvalue weighted by Crippen LogP contribution is 2.23. The maximum Gasteiger partial charge on any atom is 0.0416 e. The van der Waals surface area contributed by atoms with Crippen molar-refractivity contribution in [1.29, 1.82) is 0 Å². The van der Waals surface area contributed by atoms with E-state index in [1.165, 1.54) is 86.7 Å². The zero-order chi connectivity index (χ0) is 17.7. The molecule has 0 aliphatic heterocycles. The Morgan fingerprint density at radius 3 is 2.08 bits per heavy atom. The van der Waals surface area contributed by atoms with Gasteiger partial charge in [-0.3, -0.25) is 0 Å². The predicted octanol–water partition coefficient (Wildman–Crippen LogP) is 7.68. The molecule has 0 fully saturated rings. The van der Waals surface area contributed by atoms with Crippen LogP contribution < -0.4 is 5.32 Å². The Hall–Kier alpha value is -1.76. The van der Waals surface area contributed by atoms with Gasteiger partial charge >= 0.3 is 0 Å². The van der Waals surface area contributed by atoms with Crippen molar-refractivity contribution in [2.24, 2.45) is 0 Å². The van der Waals surface area contributed by atoms with E-state index in [4.69, 9.17) is 0 Å². The topological polar surface area (TPSA) is 12.0 Å². The monoisotopic (exact) mass is 337 g/mol. The van der Waals surface area contributed by atoms with Crippen LogP contribution in [-0.2, 0) is 12.8 Å². The third-order valence-corrected chi connectivity index (χ3v) is 4.87. The van der Waals surface area contributed by atoms with Crippen LogP contribution in [0.2, 0.25) is 0 Å². The molecule has 0 aliphatic carbocycles. The summed E-state index contributed by atoms with van der Waals surface area (Å²) in [6, 6.07) is 17.7. The maximum atomic E-state index is 3.62. The molecule has 0 bridgehead atoms. The van der Waals surface area contributed by atoms with Crippen LogP contribution in [0.3, 0.4) is 0 Å². The van der Waals surface area contributed by atoms with Crippen LogP contribution in [0.25, 0.3) is 0 Å². The van der Waals surface area contributed by atoms with Gasteiger partial charge in [-0.05, 0) is 55.0 Å². The SMILES string of the molecule is CCCCCCCCc1ccccc1Nc1ccc(CCCC)cc1. The highest BCUT2D eigenvalue weighted by atomic mass is 14.9. The Morgan fingerprint density at radius 1 is 0.640 bits per heavy atom. The van der Waals surface area contributed by atoms with Crippen LogP contribution in [0.15, 0.2) is 48.5 Å². The Morgan fingerprint density at radius 2 is 1.32 bits per heavy atom. The van der Waals surface area contributed by atoms with Gasteiger partial charge in [0, 0.05) is 11.4 Å². The second-order valence-corrected chi connectivity index (χ2v) is 7.10. The molecular weight excluding hydrogens is 302 g/mol. The van der Waals surface area contributed by atoms with Crippen molar-refractivity contribution in [3.05, 3.63) is 59.7 Å². The van der Waals surface area contributed by atoms with E-state index < -0.39 is 0 Å². The van der Waals surface area contributed by atoms with E-state index in [1.807, 2.05) is 0 Å². The lowest BCUT2D eigenvalue weighted by molar-refractivity contribution is 0.608.